The van der Waals surface area contributed by atoms with E-state index >= 15 is 0 Å². The van der Waals surface area contributed by atoms with Crippen molar-refractivity contribution in [2.75, 3.05) is 0 Å². The number of rotatable bonds is 1. The van der Waals surface area contributed by atoms with Crippen molar-refractivity contribution in [3.8, 4) is 11.1 Å². The Morgan fingerprint density at radius 3 is 2.31 bits per heavy atom. The van der Waals surface area contributed by atoms with Crippen molar-refractivity contribution >= 4 is 22.9 Å². The Hall–Kier alpha value is -0.790. The zero-order valence-electron chi connectivity index (χ0n) is 7.25. The topological polar surface area (TPSA) is 0 Å². The molecule has 0 radical (unpaired) electrons. The molecule has 1 aromatic carbocycles. The minimum absolute atomic E-state index is 0.843. The highest BCUT2D eigenvalue weighted by Gasteiger charge is 1.99. The number of thiophene rings is 1. The van der Waals surface area contributed by atoms with Crippen molar-refractivity contribution in [2.45, 2.75) is 6.92 Å². The van der Waals surface area contributed by atoms with Crippen molar-refractivity contribution in [1.29, 1.82) is 0 Å². The van der Waals surface area contributed by atoms with Gasteiger partial charge in [0, 0.05) is 5.38 Å². The van der Waals surface area contributed by atoms with E-state index in [1.807, 2.05) is 6.07 Å². The molecule has 2 aromatic rings. The maximum absolute atomic E-state index is 5.86. The van der Waals surface area contributed by atoms with Crippen molar-refractivity contribution in [3.05, 3.63) is 45.6 Å². The van der Waals surface area contributed by atoms with Gasteiger partial charge in [0.2, 0.25) is 0 Å². The molecule has 2 rings (SSSR count). The molecule has 0 N–H and O–H groups in total. The molecule has 66 valence electrons. The average molecular weight is 209 g/mol. The molecular formula is C11H9ClS. The van der Waals surface area contributed by atoms with Crippen LogP contribution in [-0.4, -0.2) is 0 Å². The normalized spacial score (nSPS) is 10.3. The molecule has 1 heterocycles. The number of hydrogen-bond donors (Lipinski definition) is 0. The van der Waals surface area contributed by atoms with Crippen LogP contribution in [0.25, 0.3) is 11.1 Å². The zero-order valence-corrected chi connectivity index (χ0v) is 8.82. The van der Waals surface area contributed by atoms with Gasteiger partial charge in [-0.05, 0) is 24.1 Å². The number of hydrogen-bond acceptors (Lipinski definition) is 1. The first-order chi connectivity index (χ1) is 6.25. The van der Waals surface area contributed by atoms with Crippen LogP contribution in [0.2, 0.25) is 4.34 Å². The molecule has 0 nitrogen and oxygen atoms in total. The SMILES string of the molecule is Cc1ccc(-c2csc(Cl)c2)cc1. The van der Waals surface area contributed by atoms with Crippen LogP contribution in [0.3, 0.4) is 0 Å². The Balaban J connectivity index is 2.41. The van der Waals surface area contributed by atoms with Crippen LogP contribution in [0.15, 0.2) is 35.7 Å². The van der Waals surface area contributed by atoms with Gasteiger partial charge in [-0.3, -0.25) is 0 Å². The predicted octanol–water partition coefficient (Wildman–Crippen LogP) is 4.38. The summed E-state index contributed by atoms with van der Waals surface area (Å²) in [4.78, 5) is 0. The summed E-state index contributed by atoms with van der Waals surface area (Å²) >= 11 is 7.43. The van der Waals surface area contributed by atoms with Gasteiger partial charge in [-0.1, -0.05) is 41.4 Å². The molecule has 0 aliphatic rings. The van der Waals surface area contributed by atoms with E-state index in [0.29, 0.717) is 0 Å². The van der Waals surface area contributed by atoms with E-state index in [9.17, 15) is 0 Å². The lowest BCUT2D eigenvalue weighted by Gasteiger charge is -1.97. The summed E-state index contributed by atoms with van der Waals surface area (Å²) < 4.78 is 0.843. The molecule has 0 saturated heterocycles. The minimum atomic E-state index is 0.843. The van der Waals surface area contributed by atoms with Crippen LogP contribution in [0.1, 0.15) is 5.56 Å². The second-order valence-corrected chi connectivity index (χ2v) is 4.55. The Morgan fingerprint density at radius 1 is 1.08 bits per heavy atom. The molecule has 13 heavy (non-hydrogen) atoms. The third-order valence-electron chi connectivity index (χ3n) is 1.95. The number of halogens is 1. The van der Waals surface area contributed by atoms with Crippen molar-refractivity contribution in [1.82, 2.24) is 0 Å². The lowest BCUT2D eigenvalue weighted by atomic mass is 10.1. The molecule has 1 aromatic heterocycles. The monoisotopic (exact) mass is 208 g/mol. The van der Waals surface area contributed by atoms with Crippen LogP contribution in [0.4, 0.5) is 0 Å². The van der Waals surface area contributed by atoms with E-state index in [4.69, 9.17) is 11.6 Å². The van der Waals surface area contributed by atoms with Crippen LogP contribution < -0.4 is 0 Å². The molecule has 0 amide bonds. The second-order valence-electron chi connectivity index (χ2n) is 3.01. The van der Waals surface area contributed by atoms with E-state index in [1.165, 1.54) is 16.7 Å². The smallest absolute Gasteiger partial charge is 0.0934 e. The van der Waals surface area contributed by atoms with Crippen molar-refractivity contribution in [2.24, 2.45) is 0 Å². The highest BCUT2D eigenvalue weighted by molar-refractivity contribution is 7.14. The molecule has 0 saturated carbocycles. The maximum Gasteiger partial charge on any atom is 0.0934 e. The molecular weight excluding hydrogens is 200 g/mol. The Morgan fingerprint density at radius 2 is 1.77 bits per heavy atom. The van der Waals surface area contributed by atoms with Crippen LogP contribution in [-0.2, 0) is 0 Å². The fourth-order valence-corrected chi connectivity index (χ4v) is 2.10. The van der Waals surface area contributed by atoms with Gasteiger partial charge in [0.15, 0.2) is 0 Å². The maximum atomic E-state index is 5.86. The standard InChI is InChI=1S/C11H9ClS/c1-8-2-4-9(5-3-8)10-6-11(12)13-7-10/h2-7H,1H3. The van der Waals surface area contributed by atoms with E-state index in [2.05, 4.69) is 36.6 Å². The average Bonchev–Trinajstić information content (AvgIpc) is 2.53. The Bertz CT molecular complexity index is 400. The first-order valence-electron chi connectivity index (χ1n) is 4.07. The summed E-state index contributed by atoms with van der Waals surface area (Å²) in [5, 5.41) is 2.08. The summed E-state index contributed by atoms with van der Waals surface area (Å²) in [5.74, 6) is 0. The third-order valence-corrected chi connectivity index (χ3v) is 3.04. The van der Waals surface area contributed by atoms with Gasteiger partial charge in [-0.25, -0.2) is 0 Å². The van der Waals surface area contributed by atoms with Gasteiger partial charge in [0.25, 0.3) is 0 Å². The number of aryl methyl sites for hydroxylation is 1. The van der Waals surface area contributed by atoms with Crippen LogP contribution in [0, 0.1) is 6.92 Å². The molecule has 0 atom stereocenters. The zero-order chi connectivity index (χ0) is 9.26. The summed E-state index contributed by atoms with van der Waals surface area (Å²) in [6.07, 6.45) is 0. The van der Waals surface area contributed by atoms with E-state index in [0.717, 1.165) is 4.34 Å². The molecule has 0 spiro atoms. The summed E-state index contributed by atoms with van der Waals surface area (Å²) in [7, 11) is 0. The number of benzene rings is 1. The van der Waals surface area contributed by atoms with Gasteiger partial charge in [0.1, 0.15) is 0 Å². The van der Waals surface area contributed by atoms with Crippen LogP contribution >= 0.6 is 22.9 Å². The Labute approximate surface area is 86.8 Å². The van der Waals surface area contributed by atoms with Crippen molar-refractivity contribution in [3.63, 3.8) is 0 Å². The Kier molecular flexibility index (Phi) is 2.38. The molecule has 2 heteroatoms. The summed E-state index contributed by atoms with van der Waals surface area (Å²) in [6, 6.07) is 10.5. The minimum Gasteiger partial charge on any atom is -0.131 e. The van der Waals surface area contributed by atoms with E-state index < -0.39 is 0 Å². The van der Waals surface area contributed by atoms with Gasteiger partial charge in [-0.15, -0.1) is 11.3 Å². The lowest BCUT2D eigenvalue weighted by molar-refractivity contribution is 1.47. The largest absolute Gasteiger partial charge is 0.131 e. The summed E-state index contributed by atoms with van der Waals surface area (Å²) in [6.45, 7) is 2.09. The molecule has 0 fully saturated rings. The van der Waals surface area contributed by atoms with Gasteiger partial charge in [0.05, 0.1) is 4.34 Å². The van der Waals surface area contributed by atoms with Gasteiger partial charge >= 0.3 is 0 Å². The molecule has 0 bridgehead atoms. The molecule has 0 aliphatic heterocycles. The first kappa shape index (κ1) is 8.79. The highest BCUT2D eigenvalue weighted by atomic mass is 35.5. The van der Waals surface area contributed by atoms with Gasteiger partial charge in [-0.2, -0.15) is 0 Å². The fourth-order valence-electron chi connectivity index (χ4n) is 1.21. The fraction of sp³-hybridized carbons (Fsp3) is 0.0909. The van der Waals surface area contributed by atoms with E-state index in [1.54, 1.807) is 11.3 Å². The third kappa shape index (κ3) is 1.93. The first-order valence-corrected chi connectivity index (χ1v) is 5.32. The van der Waals surface area contributed by atoms with E-state index in [-0.39, 0.29) is 0 Å². The van der Waals surface area contributed by atoms with Crippen molar-refractivity contribution < 1.29 is 0 Å². The van der Waals surface area contributed by atoms with Gasteiger partial charge < -0.3 is 0 Å². The lowest BCUT2D eigenvalue weighted by Crippen LogP contribution is -1.73. The van der Waals surface area contributed by atoms with Crippen LogP contribution in [0.5, 0.6) is 0 Å². The predicted molar refractivity (Wildman–Crippen MR) is 59.5 cm³/mol. The second kappa shape index (κ2) is 3.52. The molecule has 0 unspecified atom stereocenters. The highest BCUT2D eigenvalue weighted by Crippen LogP contribution is 2.28. The quantitative estimate of drug-likeness (QED) is 0.653. The summed E-state index contributed by atoms with van der Waals surface area (Å²) in [5.41, 5.74) is 3.72. The molecule has 0 aliphatic carbocycles.